The van der Waals surface area contributed by atoms with Gasteiger partial charge in [0, 0.05) is 0 Å². The fourth-order valence-corrected chi connectivity index (χ4v) is 2.57. The van der Waals surface area contributed by atoms with Crippen LogP contribution in [0.4, 0.5) is 8.78 Å². The SMILES string of the molecule is C=C(C)C[C@@H](O)C(F)(F)[C@H](OCc1ccccc1)c1ccc(C)cc1. The van der Waals surface area contributed by atoms with Crippen LogP contribution in [0.3, 0.4) is 0 Å². The van der Waals surface area contributed by atoms with Gasteiger partial charge >= 0.3 is 5.92 Å². The maximum Gasteiger partial charge on any atom is 0.303 e. The van der Waals surface area contributed by atoms with Crippen molar-refractivity contribution in [1.29, 1.82) is 0 Å². The quantitative estimate of drug-likeness (QED) is 0.665. The van der Waals surface area contributed by atoms with Crippen LogP contribution in [0.2, 0.25) is 0 Å². The van der Waals surface area contributed by atoms with E-state index in [-0.39, 0.29) is 13.0 Å². The summed E-state index contributed by atoms with van der Waals surface area (Å²) in [4.78, 5) is 0. The minimum atomic E-state index is -3.44. The minimum Gasteiger partial charge on any atom is -0.386 e. The lowest BCUT2D eigenvalue weighted by Crippen LogP contribution is -2.41. The van der Waals surface area contributed by atoms with E-state index in [1.165, 1.54) is 0 Å². The summed E-state index contributed by atoms with van der Waals surface area (Å²) < 4.78 is 35.4. The average Bonchev–Trinajstić information content (AvgIpc) is 2.57. The molecule has 1 N–H and O–H groups in total. The highest BCUT2D eigenvalue weighted by molar-refractivity contribution is 5.25. The van der Waals surface area contributed by atoms with E-state index in [9.17, 15) is 13.9 Å². The zero-order valence-electron chi connectivity index (χ0n) is 14.6. The van der Waals surface area contributed by atoms with Gasteiger partial charge in [0.15, 0.2) is 0 Å². The van der Waals surface area contributed by atoms with Crippen molar-refractivity contribution in [1.82, 2.24) is 0 Å². The molecule has 4 heteroatoms. The molecule has 0 spiro atoms. The van der Waals surface area contributed by atoms with Gasteiger partial charge in [-0.05, 0) is 31.4 Å². The lowest BCUT2D eigenvalue weighted by atomic mass is 9.95. The highest BCUT2D eigenvalue weighted by atomic mass is 19.3. The molecular weight excluding hydrogens is 322 g/mol. The van der Waals surface area contributed by atoms with Gasteiger partial charge < -0.3 is 9.84 Å². The topological polar surface area (TPSA) is 29.5 Å². The molecule has 0 aliphatic heterocycles. The van der Waals surface area contributed by atoms with E-state index in [1.54, 1.807) is 31.2 Å². The number of rotatable bonds is 8. The van der Waals surface area contributed by atoms with Crippen molar-refractivity contribution in [3.05, 3.63) is 83.4 Å². The second kappa shape index (κ2) is 8.37. The largest absolute Gasteiger partial charge is 0.386 e. The summed E-state index contributed by atoms with van der Waals surface area (Å²) >= 11 is 0. The molecule has 0 saturated heterocycles. The van der Waals surface area contributed by atoms with Gasteiger partial charge in [0.25, 0.3) is 0 Å². The molecule has 0 aliphatic rings. The number of alkyl halides is 2. The molecule has 0 unspecified atom stereocenters. The monoisotopic (exact) mass is 346 g/mol. The molecule has 0 amide bonds. The molecule has 0 radical (unpaired) electrons. The van der Waals surface area contributed by atoms with Crippen molar-refractivity contribution in [3.8, 4) is 0 Å². The van der Waals surface area contributed by atoms with E-state index in [4.69, 9.17) is 4.74 Å². The maximum atomic E-state index is 14.9. The molecule has 0 bridgehead atoms. The number of aliphatic hydroxyl groups is 1. The Labute approximate surface area is 147 Å². The Morgan fingerprint density at radius 3 is 2.28 bits per heavy atom. The molecule has 0 fully saturated rings. The number of aliphatic hydroxyl groups excluding tert-OH is 1. The van der Waals surface area contributed by atoms with E-state index in [2.05, 4.69) is 6.58 Å². The predicted molar refractivity (Wildman–Crippen MR) is 95.5 cm³/mol. The first-order chi connectivity index (χ1) is 11.8. The lowest BCUT2D eigenvalue weighted by molar-refractivity contribution is -0.200. The molecule has 2 atom stereocenters. The van der Waals surface area contributed by atoms with E-state index >= 15 is 0 Å². The van der Waals surface area contributed by atoms with Crippen LogP contribution in [0.15, 0.2) is 66.7 Å². The number of hydrogen-bond donors (Lipinski definition) is 1. The Kier molecular flexibility index (Phi) is 6.45. The van der Waals surface area contributed by atoms with Gasteiger partial charge in [-0.15, -0.1) is 6.58 Å². The van der Waals surface area contributed by atoms with Crippen LogP contribution in [0.1, 0.15) is 36.1 Å². The Morgan fingerprint density at radius 1 is 1.12 bits per heavy atom. The Balaban J connectivity index is 2.27. The summed E-state index contributed by atoms with van der Waals surface area (Å²) in [6, 6.07) is 15.9. The number of hydrogen-bond acceptors (Lipinski definition) is 2. The summed E-state index contributed by atoms with van der Waals surface area (Å²) in [5, 5.41) is 10.0. The average molecular weight is 346 g/mol. The number of ether oxygens (including phenoxy) is 1. The maximum absolute atomic E-state index is 14.9. The molecule has 25 heavy (non-hydrogen) atoms. The molecule has 2 aromatic rings. The van der Waals surface area contributed by atoms with Crippen LogP contribution >= 0.6 is 0 Å². The third-order valence-electron chi connectivity index (χ3n) is 3.98. The Bertz CT molecular complexity index is 681. The fraction of sp³-hybridized carbons (Fsp3) is 0.333. The summed E-state index contributed by atoms with van der Waals surface area (Å²) in [6.07, 6.45) is -3.57. The molecule has 2 rings (SSSR count). The van der Waals surface area contributed by atoms with Gasteiger partial charge in [0.05, 0.1) is 6.61 Å². The molecule has 2 aromatic carbocycles. The zero-order chi connectivity index (χ0) is 18.4. The van der Waals surface area contributed by atoms with Gasteiger partial charge in [-0.2, -0.15) is 0 Å². The lowest BCUT2D eigenvalue weighted by Gasteiger charge is -2.31. The second-order valence-electron chi connectivity index (χ2n) is 6.44. The summed E-state index contributed by atoms with van der Waals surface area (Å²) in [6.45, 7) is 7.15. The molecule has 134 valence electrons. The zero-order valence-corrected chi connectivity index (χ0v) is 14.6. The van der Waals surface area contributed by atoms with Gasteiger partial charge in [-0.1, -0.05) is 65.7 Å². The van der Waals surface area contributed by atoms with Gasteiger partial charge in [-0.3, -0.25) is 0 Å². The first-order valence-electron chi connectivity index (χ1n) is 8.23. The third-order valence-corrected chi connectivity index (χ3v) is 3.98. The fourth-order valence-electron chi connectivity index (χ4n) is 2.57. The van der Waals surface area contributed by atoms with Gasteiger partial charge in [-0.25, -0.2) is 8.78 Å². The minimum absolute atomic E-state index is 0.0365. The van der Waals surface area contributed by atoms with E-state index in [0.717, 1.165) is 11.1 Å². The smallest absolute Gasteiger partial charge is 0.303 e. The highest BCUT2D eigenvalue weighted by Crippen LogP contribution is 2.39. The Hall–Kier alpha value is -2.04. The number of benzene rings is 2. The molecule has 0 heterocycles. The molecule has 0 aromatic heterocycles. The summed E-state index contributed by atoms with van der Waals surface area (Å²) in [5.74, 6) is -3.44. The molecular formula is C21H24F2O2. The second-order valence-corrected chi connectivity index (χ2v) is 6.44. The van der Waals surface area contributed by atoms with Crippen molar-refractivity contribution >= 4 is 0 Å². The number of aryl methyl sites for hydroxylation is 1. The Morgan fingerprint density at radius 2 is 1.72 bits per heavy atom. The van der Waals surface area contributed by atoms with Crippen molar-refractivity contribution in [3.63, 3.8) is 0 Å². The van der Waals surface area contributed by atoms with Crippen LogP contribution in [0, 0.1) is 6.92 Å². The van der Waals surface area contributed by atoms with E-state index in [1.807, 2.05) is 37.3 Å². The van der Waals surface area contributed by atoms with E-state index in [0.29, 0.717) is 11.1 Å². The normalized spacial score (nSPS) is 14.1. The third kappa shape index (κ3) is 5.21. The van der Waals surface area contributed by atoms with Gasteiger partial charge in [0.2, 0.25) is 0 Å². The van der Waals surface area contributed by atoms with Crippen LogP contribution in [0.25, 0.3) is 0 Å². The number of halogens is 2. The first kappa shape index (κ1) is 19.3. The molecule has 2 nitrogen and oxygen atoms in total. The van der Waals surface area contributed by atoms with Crippen molar-refractivity contribution in [2.75, 3.05) is 0 Å². The summed E-state index contributed by atoms with van der Waals surface area (Å²) in [7, 11) is 0. The van der Waals surface area contributed by atoms with Crippen molar-refractivity contribution in [2.45, 2.75) is 45.0 Å². The standard InChI is InChI=1S/C21H24F2O2/c1-15(2)13-19(24)21(22,23)20(18-11-9-16(3)10-12-18)25-14-17-7-5-4-6-8-17/h4-12,19-20,24H,1,13-14H2,2-3H3/t19-,20-/m1/s1. The van der Waals surface area contributed by atoms with Crippen molar-refractivity contribution in [2.24, 2.45) is 0 Å². The van der Waals surface area contributed by atoms with Crippen molar-refractivity contribution < 1.29 is 18.6 Å². The van der Waals surface area contributed by atoms with Crippen LogP contribution in [0.5, 0.6) is 0 Å². The van der Waals surface area contributed by atoms with Gasteiger partial charge in [0.1, 0.15) is 12.2 Å². The van der Waals surface area contributed by atoms with Crippen LogP contribution < -0.4 is 0 Å². The molecule has 0 saturated carbocycles. The first-order valence-corrected chi connectivity index (χ1v) is 8.23. The summed E-state index contributed by atoms with van der Waals surface area (Å²) in [5.41, 5.74) is 2.60. The predicted octanol–water partition coefficient (Wildman–Crippen LogP) is 5.22. The van der Waals surface area contributed by atoms with Crippen LogP contribution in [-0.4, -0.2) is 17.1 Å². The van der Waals surface area contributed by atoms with Crippen LogP contribution in [-0.2, 0) is 11.3 Å². The van der Waals surface area contributed by atoms with E-state index < -0.39 is 18.1 Å². The molecule has 0 aliphatic carbocycles. The highest BCUT2D eigenvalue weighted by Gasteiger charge is 2.48.